The minimum Gasteiger partial charge on any atom is -0.0622 e. The van der Waals surface area contributed by atoms with Crippen molar-refractivity contribution in [2.24, 2.45) is 0 Å². The number of benzene rings is 8. The molecule has 0 atom stereocenters. The second-order valence-electron chi connectivity index (χ2n) is 9.25. The van der Waals surface area contributed by atoms with Gasteiger partial charge in [-0.1, -0.05) is 151 Å². The highest BCUT2D eigenvalue weighted by molar-refractivity contribution is 6.22. The normalized spacial score (nSPS) is 20.2. The third-order valence-corrected chi connectivity index (χ3v) is 6.81. The largest absolute Gasteiger partial charge is 0.0636 e. The molecule has 0 heterocycles. The Morgan fingerprint density at radius 1 is 0.349 bits per heavy atom. The molecule has 0 heteroatoms. The highest BCUT2D eigenvalue weighted by atomic mass is 14.2. The summed E-state index contributed by atoms with van der Waals surface area (Å²) in [4.78, 5) is 0. The van der Waals surface area contributed by atoms with E-state index in [2.05, 4.69) is 0 Å². The molecule has 0 aliphatic heterocycles. The summed E-state index contributed by atoms with van der Waals surface area (Å²) < 4.78 is 242. The van der Waals surface area contributed by atoms with E-state index in [0.29, 0.717) is 0 Å². The van der Waals surface area contributed by atoms with Crippen LogP contribution in [-0.4, -0.2) is 0 Å². The molecule has 202 valence electrons. The van der Waals surface area contributed by atoms with Crippen molar-refractivity contribution < 1.29 is 37.0 Å². The second-order valence-corrected chi connectivity index (χ2v) is 9.25. The van der Waals surface area contributed by atoms with E-state index < -0.39 is 240 Å². The molecule has 0 saturated carbocycles. The fraction of sp³-hybridized carbons (Fsp3) is 0.0233. The Hall–Kier alpha value is -5.46. The van der Waals surface area contributed by atoms with Crippen LogP contribution in [0.15, 0.2) is 163 Å². The highest BCUT2D eigenvalue weighted by Crippen LogP contribution is 2.46. The molecule has 0 saturated heterocycles. The monoisotopic (exact) mass is 573 g/mol. The summed E-state index contributed by atoms with van der Waals surface area (Å²) in [5.74, 6) is 0. The van der Waals surface area contributed by atoms with Gasteiger partial charge in [0.1, 0.15) is 0 Å². The zero-order valence-electron chi connectivity index (χ0n) is 49.0. The average molecular weight is 574 g/mol. The molecule has 0 N–H and O–H groups in total. The summed E-state index contributed by atoms with van der Waals surface area (Å²) in [7, 11) is 0. The van der Waals surface area contributed by atoms with Gasteiger partial charge in [0.2, 0.25) is 0 Å². The van der Waals surface area contributed by atoms with E-state index in [-0.39, 0.29) is 5.56 Å². The molecule has 0 spiro atoms. The highest BCUT2D eigenvalue weighted by Gasteiger charge is 2.18. The van der Waals surface area contributed by atoms with Crippen molar-refractivity contribution in [2.75, 3.05) is 0 Å². The number of hydrogen-bond donors (Lipinski definition) is 0. The smallest absolute Gasteiger partial charge is 0.0622 e. The standard InChI is InChI=1S/C43H30/c1-29-13-5-8-18-35(29)41-28-34(25-26-36(41)31-15-3-2-4-16-31)43-39-21-11-9-19-37(39)42(38-20-10-12-22-40(38)43)33-24-23-30-14-6-7-17-32(30)27-33/h2-28H,1H3/i2D,3D,4D,5D,6D,7D,8D,9D,10D,11D,12D,13D,14D,15D,16D,17D,18D,19D,20D,21D,22D,23D,24D,25D,26D,27D,28D. The van der Waals surface area contributed by atoms with Crippen LogP contribution >= 0.6 is 0 Å². The lowest BCUT2D eigenvalue weighted by atomic mass is 9.83. The van der Waals surface area contributed by atoms with Crippen LogP contribution in [0.2, 0.25) is 0 Å². The fourth-order valence-corrected chi connectivity index (χ4v) is 4.94. The molecule has 0 nitrogen and oxygen atoms in total. The summed E-state index contributed by atoms with van der Waals surface area (Å²) >= 11 is 0. The first kappa shape index (κ1) is 9.79. The van der Waals surface area contributed by atoms with Crippen LogP contribution < -0.4 is 0 Å². The van der Waals surface area contributed by atoms with E-state index in [0.717, 1.165) is 0 Å². The zero-order chi connectivity index (χ0) is 52.2. The van der Waals surface area contributed by atoms with E-state index in [4.69, 9.17) is 24.7 Å². The molecule has 0 fully saturated rings. The van der Waals surface area contributed by atoms with Crippen molar-refractivity contribution >= 4 is 32.3 Å². The molecule has 8 aromatic carbocycles. The summed E-state index contributed by atoms with van der Waals surface area (Å²) in [6, 6.07) is -25.3. The molecule has 8 aromatic rings. The van der Waals surface area contributed by atoms with Gasteiger partial charge in [-0.15, -0.1) is 0 Å². The fourth-order valence-electron chi connectivity index (χ4n) is 4.94. The predicted octanol–water partition coefficient (Wildman–Crippen LogP) is 12.1. The summed E-state index contributed by atoms with van der Waals surface area (Å²) in [6.45, 7) is 1.20. The van der Waals surface area contributed by atoms with E-state index in [1.807, 2.05) is 0 Å². The molecule has 8 rings (SSSR count). The summed E-state index contributed by atoms with van der Waals surface area (Å²) in [5.41, 5.74) is -6.38. The SMILES string of the molecule is [2H]c1c([2H])c([2H])c(-c2c([2H])c([2H])c(-c3c4c([2H])c([2H])c([2H])c([2H])c4c(-c4c([2H])c([2H])c5c([2H])c([2H])c([2H])c([2H])c5c4[2H])c4c([2H])c([2H])c([2H])c([2H])c34)c([2H])c2-c2c([2H])c([2H])c([2H])c([2H])c2C)c([2H])c1[2H]. The molecule has 0 radical (unpaired) electrons. The molecule has 0 aromatic heterocycles. The topological polar surface area (TPSA) is 0 Å². The van der Waals surface area contributed by atoms with Gasteiger partial charge in [-0.2, -0.15) is 0 Å². The zero-order valence-corrected chi connectivity index (χ0v) is 22.0. The molecular formula is C43H30. The van der Waals surface area contributed by atoms with Crippen LogP contribution in [-0.2, 0) is 0 Å². The second kappa shape index (κ2) is 10.4. The lowest BCUT2D eigenvalue weighted by Gasteiger charge is -2.20. The van der Waals surface area contributed by atoms with Gasteiger partial charge in [0, 0.05) is 0 Å². The van der Waals surface area contributed by atoms with Crippen LogP contribution in [0, 0.1) is 6.92 Å². The minimum atomic E-state index is -1.11. The van der Waals surface area contributed by atoms with Crippen molar-refractivity contribution in [3.05, 3.63) is 169 Å². The average Bonchev–Trinajstić information content (AvgIpc) is 3.32. The first-order chi connectivity index (χ1) is 32.5. The molecule has 43 heavy (non-hydrogen) atoms. The van der Waals surface area contributed by atoms with Crippen molar-refractivity contribution in [1.82, 2.24) is 0 Å². The maximum absolute atomic E-state index is 10.1. The van der Waals surface area contributed by atoms with E-state index in [1.165, 1.54) is 6.92 Å². The Kier molecular flexibility index (Phi) is 2.37. The van der Waals surface area contributed by atoms with Crippen LogP contribution in [0.5, 0.6) is 0 Å². The van der Waals surface area contributed by atoms with Crippen LogP contribution in [0.3, 0.4) is 0 Å². The van der Waals surface area contributed by atoms with Crippen molar-refractivity contribution in [3.8, 4) is 44.5 Å². The van der Waals surface area contributed by atoms with Crippen LogP contribution in [0.4, 0.5) is 0 Å². The molecule has 0 unspecified atom stereocenters. The Morgan fingerprint density at radius 2 is 0.860 bits per heavy atom. The van der Waals surface area contributed by atoms with Gasteiger partial charge in [-0.05, 0) is 101 Å². The first-order valence-corrected chi connectivity index (χ1v) is 12.8. The van der Waals surface area contributed by atoms with Gasteiger partial charge < -0.3 is 0 Å². The lowest BCUT2D eigenvalue weighted by Crippen LogP contribution is -1.93. The van der Waals surface area contributed by atoms with Gasteiger partial charge in [0.25, 0.3) is 0 Å². The van der Waals surface area contributed by atoms with Crippen molar-refractivity contribution in [1.29, 1.82) is 0 Å². The van der Waals surface area contributed by atoms with Crippen molar-refractivity contribution in [3.63, 3.8) is 0 Å². The Balaban J connectivity index is 1.77. The third kappa shape index (κ3) is 4.31. The molecule has 0 amide bonds. The van der Waals surface area contributed by atoms with Gasteiger partial charge in [0.05, 0.1) is 37.0 Å². The molecule has 0 aliphatic carbocycles. The molecule has 0 aliphatic rings. The maximum Gasteiger partial charge on any atom is 0.0636 e. The van der Waals surface area contributed by atoms with Crippen LogP contribution in [0.25, 0.3) is 76.8 Å². The molecule has 0 bridgehead atoms. The first-order valence-electron chi connectivity index (χ1n) is 26.2. The Labute approximate surface area is 290 Å². The van der Waals surface area contributed by atoms with E-state index in [1.54, 1.807) is 0 Å². The van der Waals surface area contributed by atoms with Crippen molar-refractivity contribution in [2.45, 2.75) is 6.92 Å². The van der Waals surface area contributed by atoms with Gasteiger partial charge in [0.15, 0.2) is 0 Å². The lowest BCUT2D eigenvalue weighted by molar-refractivity contribution is 1.46. The number of hydrogen-bond acceptors (Lipinski definition) is 0. The number of rotatable bonds is 4. The van der Waals surface area contributed by atoms with E-state index in [9.17, 15) is 12.3 Å². The van der Waals surface area contributed by atoms with Gasteiger partial charge >= 0.3 is 0 Å². The summed E-state index contributed by atoms with van der Waals surface area (Å²) in [6.07, 6.45) is 0. The maximum atomic E-state index is 10.1. The Bertz CT molecular complexity index is 3660. The van der Waals surface area contributed by atoms with Gasteiger partial charge in [-0.3, -0.25) is 0 Å². The van der Waals surface area contributed by atoms with Crippen LogP contribution in [0.1, 0.15) is 42.6 Å². The van der Waals surface area contributed by atoms with Gasteiger partial charge in [-0.25, -0.2) is 0 Å². The van der Waals surface area contributed by atoms with E-state index >= 15 is 0 Å². The summed E-state index contributed by atoms with van der Waals surface area (Å²) in [5, 5.41) is -4.26. The quantitative estimate of drug-likeness (QED) is 0.184. The number of fused-ring (bicyclic) bond motifs is 3. The Morgan fingerprint density at radius 3 is 1.53 bits per heavy atom. The third-order valence-electron chi connectivity index (χ3n) is 6.81. The minimum absolute atomic E-state index is 0.309. The predicted molar refractivity (Wildman–Crippen MR) is 185 cm³/mol. The molecular weight excluding hydrogens is 516 g/mol.